The van der Waals surface area contributed by atoms with Gasteiger partial charge < -0.3 is 21.4 Å². The van der Waals surface area contributed by atoms with E-state index in [2.05, 4.69) is 31.8 Å². The first-order valence-corrected chi connectivity index (χ1v) is 6.59. The first-order chi connectivity index (χ1) is 10.2. The summed E-state index contributed by atoms with van der Waals surface area (Å²) in [5, 5.41) is 6.13. The Bertz CT molecular complexity index is 685. The minimum absolute atomic E-state index is 0. The van der Waals surface area contributed by atoms with Crippen molar-refractivity contribution in [2.45, 2.75) is 18.6 Å². The molecule has 2 aromatic rings. The van der Waals surface area contributed by atoms with Gasteiger partial charge in [0, 0.05) is 33.1 Å². The first-order valence-electron chi connectivity index (χ1n) is 6.59. The van der Waals surface area contributed by atoms with Crippen LogP contribution in [0, 0.1) is 6.20 Å². The van der Waals surface area contributed by atoms with E-state index in [1.165, 1.54) is 12.4 Å². The third kappa shape index (κ3) is 3.23. The van der Waals surface area contributed by atoms with Gasteiger partial charge in [-0.05, 0) is 24.0 Å². The van der Waals surface area contributed by atoms with E-state index in [0.717, 1.165) is 0 Å². The van der Waals surface area contributed by atoms with Crippen LogP contribution in [-0.4, -0.2) is 46.2 Å². The number of nitrogens with two attached hydrogens (primary N) is 1. The van der Waals surface area contributed by atoms with Crippen LogP contribution in [0.4, 0.5) is 10.2 Å². The molecule has 7 nitrogen and oxygen atoms in total. The summed E-state index contributed by atoms with van der Waals surface area (Å²) in [5.74, 6) is -0.248. The molecule has 1 saturated heterocycles. The summed E-state index contributed by atoms with van der Waals surface area (Å²) in [7, 11) is 0. The van der Waals surface area contributed by atoms with Gasteiger partial charge in [0.15, 0.2) is 5.91 Å². The molecule has 2 atom stereocenters. The number of hydrogen-bond acceptors (Lipinski definition) is 6. The second-order valence-electron chi connectivity index (χ2n) is 4.84. The van der Waals surface area contributed by atoms with Crippen molar-refractivity contribution in [1.82, 2.24) is 20.3 Å². The molecule has 2 aromatic heterocycles. The average Bonchev–Trinajstić information content (AvgIpc) is 2.49. The Morgan fingerprint density at radius 2 is 2.27 bits per heavy atom. The van der Waals surface area contributed by atoms with Gasteiger partial charge in [-0.15, -0.1) is 6.07 Å². The quantitative estimate of drug-likeness (QED) is 0.544. The molecule has 1 fully saturated rings. The van der Waals surface area contributed by atoms with E-state index in [1.807, 2.05) is 0 Å². The van der Waals surface area contributed by atoms with E-state index >= 15 is 0 Å². The van der Waals surface area contributed by atoms with Gasteiger partial charge in [-0.3, -0.25) is 9.78 Å². The molecule has 0 saturated carbocycles. The van der Waals surface area contributed by atoms with Gasteiger partial charge in [0.05, 0.1) is 11.9 Å². The number of carbonyl (C=O) groups is 1. The number of nitrogens with zero attached hydrogens (tertiary/aromatic N) is 3. The molecule has 9 heteroatoms. The van der Waals surface area contributed by atoms with E-state index in [1.54, 1.807) is 0 Å². The van der Waals surface area contributed by atoms with E-state index in [0.29, 0.717) is 36.4 Å². The molecule has 1 amide bonds. The van der Waals surface area contributed by atoms with Crippen molar-refractivity contribution in [3.05, 3.63) is 24.2 Å². The van der Waals surface area contributed by atoms with Crippen LogP contribution in [0.1, 0.15) is 16.8 Å². The molecule has 1 aliphatic rings. The van der Waals surface area contributed by atoms with E-state index in [9.17, 15) is 9.18 Å². The van der Waals surface area contributed by atoms with Gasteiger partial charge in [-0.25, -0.2) is 9.37 Å². The van der Waals surface area contributed by atoms with Crippen LogP contribution >= 0.6 is 0 Å². The normalized spacial score (nSPS) is 21.1. The van der Waals surface area contributed by atoms with Crippen LogP contribution in [0.15, 0.2) is 12.4 Å². The summed E-state index contributed by atoms with van der Waals surface area (Å²) in [6.07, 6.45) is 3.35. The Hall–Kier alpha value is -1.66. The minimum atomic E-state index is -0.973. The number of rotatable bonds is 3. The smallest absolute Gasteiger partial charge is 0.195 e. The number of halogens is 1. The maximum Gasteiger partial charge on any atom is 0.195 e. The predicted molar refractivity (Wildman–Crippen MR) is 74.5 cm³/mol. The number of piperidine rings is 1. The summed E-state index contributed by atoms with van der Waals surface area (Å²) >= 11 is 0. The van der Waals surface area contributed by atoms with Crippen LogP contribution in [0.25, 0.3) is 11.0 Å². The maximum atomic E-state index is 13.9. The number of fused-ring (bicyclic) bond motifs is 1. The molecule has 0 unspecified atom stereocenters. The Balaban J connectivity index is 0.00000176. The van der Waals surface area contributed by atoms with Gasteiger partial charge in [-0.2, -0.15) is 0 Å². The Kier molecular flexibility index (Phi) is 5.36. The van der Waals surface area contributed by atoms with Gasteiger partial charge >= 0.3 is 0 Å². The number of primary amides is 1. The number of aromatic nitrogens is 3. The molecule has 3 heterocycles. The molecule has 116 valence electrons. The Morgan fingerprint density at radius 3 is 3.00 bits per heavy atom. The standard InChI is InChI=1S/C13H14FN6O.W/c14-8-2-3-16-5-9(8)20-13-11-10(18-6-19-13)7(12(15)21)1-4-17-11;/h1,6,8-9,16H,2-3,5H2,(H2,15,21)(H,18,19,20);/q-1;/t8-,9-;/m1./s1. The summed E-state index contributed by atoms with van der Waals surface area (Å²) in [5.41, 5.74) is 6.20. The number of alkyl halides is 1. The van der Waals surface area contributed by atoms with Gasteiger partial charge in [0.1, 0.15) is 12.5 Å². The van der Waals surface area contributed by atoms with Crippen molar-refractivity contribution in [2.75, 3.05) is 18.4 Å². The molecule has 22 heavy (non-hydrogen) atoms. The molecule has 0 spiro atoms. The fourth-order valence-corrected chi connectivity index (χ4v) is 2.35. The largest absolute Gasteiger partial charge is 0.381 e. The number of nitrogens with one attached hydrogen (secondary N) is 2. The average molecular weight is 473 g/mol. The summed E-state index contributed by atoms with van der Waals surface area (Å²) in [6.45, 7) is 1.15. The van der Waals surface area contributed by atoms with Crippen LogP contribution in [0.3, 0.4) is 0 Å². The summed E-state index contributed by atoms with van der Waals surface area (Å²) < 4.78 is 13.9. The molecule has 0 radical (unpaired) electrons. The van der Waals surface area contributed by atoms with Crippen molar-refractivity contribution in [3.63, 3.8) is 0 Å². The SMILES string of the molecule is NC(=O)c1c[c-]nc2c(N[C@@H]3CNCC[C@H]3F)ncnc12.[W]. The number of pyridine rings is 1. The monoisotopic (exact) mass is 473 g/mol. The fourth-order valence-electron chi connectivity index (χ4n) is 2.35. The molecule has 0 bridgehead atoms. The van der Waals surface area contributed by atoms with Crippen LogP contribution in [-0.2, 0) is 21.1 Å². The molecule has 0 aromatic carbocycles. The predicted octanol–water partition coefficient (Wildman–Crippen LogP) is 0.0333. The third-order valence-electron chi connectivity index (χ3n) is 3.45. The fraction of sp³-hybridized carbons (Fsp3) is 0.385. The third-order valence-corrected chi connectivity index (χ3v) is 3.45. The zero-order chi connectivity index (χ0) is 14.8. The molecule has 4 N–H and O–H groups in total. The minimum Gasteiger partial charge on any atom is -0.381 e. The van der Waals surface area contributed by atoms with E-state index in [4.69, 9.17) is 5.73 Å². The number of hydrogen-bond donors (Lipinski definition) is 3. The molecular weight excluding hydrogens is 459 g/mol. The zero-order valence-corrected chi connectivity index (χ0v) is 14.5. The van der Waals surface area contributed by atoms with Crippen molar-refractivity contribution in [2.24, 2.45) is 5.73 Å². The second-order valence-corrected chi connectivity index (χ2v) is 4.84. The Morgan fingerprint density at radius 1 is 1.45 bits per heavy atom. The topological polar surface area (TPSA) is 106 Å². The van der Waals surface area contributed by atoms with Crippen LogP contribution in [0.2, 0.25) is 0 Å². The molecule has 1 aliphatic heterocycles. The molecule has 3 rings (SSSR count). The Labute approximate surface area is 140 Å². The van der Waals surface area contributed by atoms with Crippen molar-refractivity contribution < 1.29 is 30.3 Å². The van der Waals surface area contributed by atoms with E-state index < -0.39 is 18.1 Å². The summed E-state index contributed by atoms with van der Waals surface area (Å²) in [4.78, 5) is 23.6. The first kappa shape index (κ1) is 16.7. The number of anilines is 1. The van der Waals surface area contributed by atoms with E-state index in [-0.39, 0.29) is 26.6 Å². The number of carbonyl (C=O) groups excluding carboxylic acids is 1. The summed E-state index contributed by atoms with van der Waals surface area (Å²) in [6, 6.07) is 0.970. The maximum absolute atomic E-state index is 13.9. The zero-order valence-electron chi connectivity index (χ0n) is 11.5. The van der Waals surface area contributed by atoms with Gasteiger partial charge in [-0.1, -0.05) is 6.20 Å². The molecular formula is C13H14FN6OW-. The second kappa shape index (κ2) is 7.07. The van der Waals surface area contributed by atoms with Gasteiger partial charge in [0.25, 0.3) is 0 Å². The van der Waals surface area contributed by atoms with Crippen molar-refractivity contribution in [3.8, 4) is 0 Å². The van der Waals surface area contributed by atoms with Crippen LogP contribution in [0.5, 0.6) is 0 Å². The number of amides is 1. The van der Waals surface area contributed by atoms with Gasteiger partial charge in [0.2, 0.25) is 0 Å². The van der Waals surface area contributed by atoms with Crippen LogP contribution < -0.4 is 16.4 Å². The van der Waals surface area contributed by atoms with Crippen molar-refractivity contribution in [1.29, 1.82) is 0 Å². The van der Waals surface area contributed by atoms with Crippen molar-refractivity contribution >= 4 is 22.8 Å². The molecule has 0 aliphatic carbocycles.